The summed E-state index contributed by atoms with van der Waals surface area (Å²) in [4.78, 5) is 29.1. The van der Waals surface area contributed by atoms with Crippen molar-refractivity contribution < 1.29 is 18.0 Å². The third kappa shape index (κ3) is 8.71. The molecule has 0 saturated carbocycles. The Kier molecular flexibility index (Phi) is 10.8. The summed E-state index contributed by atoms with van der Waals surface area (Å²) in [5.74, 6) is -0.874. The average molecular weight is 591 g/mol. The fourth-order valence-corrected chi connectivity index (χ4v) is 5.20. The first-order valence-corrected chi connectivity index (χ1v) is 15.2. The Hall–Kier alpha value is -3.07. The molecule has 0 unspecified atom stereocenters. The second kappa shape index (κ2) is 13.8. The maximum Gasteiger partial charge on any atom is 0.244 e. The van der Waals surface area contributed by atoms with Gasteiger partial charge in [0.05, 0.1) is 11.9 Å². The van der Waals surface area contributed by atoms with Crippen molar-refractivity contribution >= 4 is 50.7 Å². The Morgan fingerprint density at radius 2 is 1.54 bits per heavy atom. The molecule has 0 aliphatic rings. The van der Waals surface area contributed by atoms with E-state index in [2.05, 4.69) is 5.32 Å². The van der Waals surface area contributed by atoms with Crippen LogP contribution in [0.5, 0.6) is 0 Å². The minimum Gasteiger partial charge on any atom is -0.352 e. The molecule has 0 radical (unpaired) electrons. The first-order chi connectivity index (χ1) is 18.5. The van der Waals surface area contributed by atoms with Gasteiger partial charge in [0, 0.05) is 29.1 Å². The minimum atomic E-state index is -3.85. The molecule has 1 N–H and O–H groups in total. The highest BCUT2D eigenvalue weighted by Crippen LogP contribution is 2.24. The molecule has 39 heavy (non-hydrogen) atoms. The van der Waals surface area contributed by atoms with Gasteiger partial charge in [0.25, 0.3) is 0 Å². The highest BCUT2D eigenvalue weighted by atomic mass is 35.5. The minimum absolute atomic E-state index is 0.0160. The van der Waals surface area contributed by atoms with E-state index in [1.165, 1.54) is 17.0 Å². The van der Waals surface area contributed by atoms with Crippen molar-refractivity contribution in [1.82, 2.24) is 10.2 Å². The molecule has 0 fully saturated rings. The lowest BCUT2D eigenvalue weighted by Gasteiger charge is -2.34. The molecule has 0 spiro atoms. The molecule has 0 bridgehead atoms. The van der Waals surface area contributed by atoms with E-state index in [1.54, 1.807) is 36.4 Å². The van der Waals surface area contributed by atoms with Gasteiger partial charge in [-0.1, -0.05) is 78.7 Å². The number of rotatable bonds is 12. The fourth-order valence-electron chi connectivity index (χ4n) is 4.03. The van der Waals surface area contributed by atoms with E-state index >= 15 is 0 Å². The first kappa shape index (κ1) is 30.5. The Labute approximate surface area is 240 Å². The van der Waals surface area contributed by atoms with Gasteiger partial charge in [0.15, 0.2) is 0 Å². The Morgan fingerprint density at radius 3 is 2.13 bits per heavy atom. The van der Waals surface area contributed by atoms with Gasteiger partial charge in [-0.3, -0.25) is 13.9 Å². The number of hydrogen-bond acceptors (Lipinski definition) is 4. The monoisotopic (exact) mass is 589 g/mol. The fraction of sp³-hybridized carbons (Fsp3) is 0.310. The smallest absolute Gasteiger partial charge is 0.244 e. The van der Waals surface area contributed by atoms with Crippen LogP contribution in [-0.4, -0.2) is 50.0 Å². The van der Waals surface area contributed by atoms with Crippen LogP contribution in [0, 0.1) is 0 Å². The van der Waals surface area contributed by atoms with Crippen LogP contribution in [0.25, 0.3) is 0 Å². The molecule has 3 rings (SSSR count). The van der Waals surface area contributed by atoms with Crippen molar-refractivity contribution in [2.45, 2.75) is 45.3 Å². The van der Waals surface area contributed by atoms with Crippen molar-refractivity contribution in [3.63, 3.8) is 0 Å². The number of hydrogen-bond donors (Lipinski definition) is 1. The van der Waals surface area contributed by atoms with Gasteiger partial charge in [-0.25, -0.2) is 8.42 Å². The second-order valence-corrected chi connectivity index (χ2v) is 12.1. The summed E-state index contributed by atoms with van der Waals surface area (Å²) < 4.78 is 26.6. The summed E-state index contributed by atoms with van der Waals surface area (Å²) in [6.07, 6.45) is 1.98. The Balaban J connectivity index is 2.06. The molecular formula is C29H33Cl2N3O4S. The van der Waals surface area contributed by atoms with Crippen molar-refractivity contribution in [3.8, 4) is 0 Å². The maximum atomic E-state index is 14.0. The van der Waals surface area contributed by atoms with Gasteiger partial charge in [0.1, 0.15) is 12.6 Å². The molecule has 2 atom stereocenters. The van der Waals surface area contributed by atoms with E-state index in [0.717, 1.165) is 16.1 Å². The molecule has 3 aromatic carbocycles. The van der Waals surface area contributed by atoms with E-state index in [1.807, 2.05) is 44.2 Å². The van der Waals surface area contributed by atoms with Crippen molar-refractivity contribution in [1.29, 1.82) is 0 Å². The topological polar surface area (TPSA) is 86.8 Å². The summed E-state index contributed by atoms with van der Waals surface area (Å²) in [6.45, 7) is 3.36. The van der Waals surface area contributed by atoms with Crippen LogP contribution in [0.3, 0.4) is 0 Å². The molecule has 208 valence electrons. The molecule has 2 amide bonds. The predicted octanol–water partition coefficient (Wildman–Crippen LogP) is 5.31. The number of sulfonamides is 1. The molecule has 10 heteroatoms. The lowest BCUT2D eigenvalue weighted by Crippen LogP contribution is -2.54. The number of nitrogens with one attached hydrogen (secondary N) is 1. The SMILES string of the molecule is CC[C@@H](C)NC(=O)[C@@H](Cc1ccccc1)N(Cc1ccccc1Cl)C(=O)CN(c1ccc(Cl)cc1)S(C)(=O)=O. The number of carbonyl (C=O) groups excluding carboxylic acids is 2. The molecule has 0 aliphatic heterocycles. The number of anilines is 1. The van der Waals surface area contributed by atoms with Crippen LogP contribution >= 0.6 is 23.2 Å². The number of nitrogens with zero attached hydrogens (tertiary/aromatic N) is 2. The zero-order valence-electron chi connectivity index (χ0n) is 22.2. The number of amides is 2. The normalized spacial score (nSPS) is 12.8. The molecule has 7 nitrogen and oxygen atoms in total. The van der Waals surface area contributed by atoms with Crippen LogP contribution < -0.4 is 9.62 Å². The summed E-state index contributed by atoms with van der Waals surface area (Å²) in [5, 5.41) is 3.87. The lowest BCUT2D eigenvalue weighted by molar-refractivity contribution is -0.140. The highest BCUT2D eigenvalue weighted by Gasteiger charge is 2.33. The van der Waals surface area contributed by atoms with E-state index in [0.29, 0.717) is 22.0 Å². The highest BCUT2D eigenvalue weighted by molar-refractivity contribution is 7.92. The number of carbonyl (C=O) groups is 2. The summed E-state index contributed by atoms with van der Waals surface area (Å²) in [7, 11) is -3.85. The van der Waals surface area contributed by atoms with Crippen molar-refractivity contribution in [2.24, 2.45) is 0 Å². The van der Waals surface area contributed by atoms with Crippen molar-refractivity contribution in [3.05, 3.63) is 100 Å². The number of benzene rings is 3. The summed E-state index contributed by atoms with van der Waals surface area (Å²) in [6, 6.07) is 21.6. The van der Waals surface area contributed by atoms with Gasteiger partial charge in [-0.2, -0.15) is 0 Å². The largest absolute Gasteiger partial charge is 0.352 e. The lowest BCUT2D eigenvalue weighted by atomic mass is 10.0. The quantitative estimate of drug-likeness (QED) is 0.310. The third-order valence-corrected chi connectivity index (χ3v) is 8.13. The molecule has 0 aliphatic carbocycles. The van der Waals surface area contributed by atoms with Crippen LogP contribution in [0.4, 0.5) is 5.69 Å². The Bertz CT molecular complexity index is 1370. The van der Waals surface area contributed by atoms with Gasteiger partial charge in [-0.15, -0.1) is 0 Å². The second-order valence-electron chi connectivity index (χ2n) is 9.38. The molecular weight excluding hydrogens is 557 g/mol. The maximum absolute atomic E-state index is 14.0. The predicted molar refractivity (Wildman–Crippen MR) is 157 cm³/mol. The van der Waals surface area contributed by atoms with E-state index in [9.17, 15) is 18.0 Å². The standard InChI is InChI=1S/C29H33Cl2N3O4S/c1-4-21(2)32-29(36)27(18-22-10-6-5-7-11-22)33(19-23-12-8-9-13-26(23)31)28(35)20-34(39(3,37)38)25-16-14-24(30)15-17-25/h5-17,21,27H,4,18-20H2,1-3H3,(H,32,36)/t21-,27-/m1/s1. The van der Waals surface area contributed by atoms with E-state index in [-0.39, 0.29) is 30.6 Å². The average Bonchev–Trinajstić information content (AvgIpc) is 2.90. The molecule has 0 saturated heterocycles. The summed E-state index contributed by atoms with van der Waals surface area (Å²) >= 11 is 12.5. The third-order valence-electron chi connectivity index (χ3n) is 6.36. The van der Waals surface area contributed by atoms with Crippen LogP contribution in [-0.2, 0) is 32.6 Å². The van der Waals surface area contributed by atoms with Gasteiger partial charge < -0.3 is 10.2 Å². The first-order valence-electron chi connectivity index (χ1n) is 12.6. The van der Waals surface area contributed by atoms with Crippen LogP contribution in [0.1, 0.15) is 31.4 Å². The zero-order chi connectivity index (χ0) is 28.6. The van der Waals surface area contributed by atoms with Crippen LogP contribution in [0.15, 0.2) is 78.9 Å². The molecule has 3 aromatic rings. The molecule has 0 heterocycles. The van der Waals surface area contributed by atoms with Gasteiger partial charge in [-0.05, 0) is 54.8 Å². The van der Waals surface area contributed by atoms with Gasteiger partial charge >= 0.3 is 0 Å². The Morgan fingerprint density at radius 1 is 0.923 bits per heavy atom. The summed E-state index contributed by atoms with van der Waals surface area (Å²) in [5.41, 5.74) is 1.78. The van der Waals surface area contributed by atoms with Gasteiger partial charge in [0.2, 0.25) is 21.8 Å². The number of halogens is 2. The molecule has 0 aromatic heterocycles. The van der Waals surface area contributed by atoms with Crippen molar-refractivity contribution in [2.75, 3.05) is 17.1 Å². The van der Waals surface area contributed by atoms with E-state index in [4.69, 9.17) is 23.2 Å². The zero-order valence-corrected chi connectivity index (χ0v) is 24.5. The van der Waals surface area contributed by atoms with E-state index < -0.39 is 28.5 Å². The van der Waals surface area contributed by atoms with Crippen LogP contribution in [0.2, 0.25) is 10.0 Å².